The monoisotopic (exact) mass is 636 g/mol. The first kappa shape index (κ1) is 29.7. The smallest absolute Gasteiger partial charge is 0.319 e. The molecule has 0 spiro atoms. The molecular formula is C36H34F2N6O3. The number of piperazine rings is 1. The number of hydrogen-bond acceptors (Lipinski definition) is 9. The fourth-order valence-corrected chi connectivity index (χ4v) is 8.28. The first-order chi connectivity index (χ1) is 22.9. The predicted molar refractivity (Wildman–Crippen MR) is 174 cm³/mol. The average molecular weight is 637 g/mol. The zero-order chi connectivity index (χ0) is 32.3. The summed E-state index contributed by atoms with van der Waals surface area (Å²) < 4.78 is 43.2. The molecule has 2 unspecified atom stereocenters. The van der Waals surface area contributed by atoms with Crippen molar-refractivity contribution in [2.24, 2.45) is 0 Å². The summed E-state index contributed by atoms with van der Waals surface area (Å²) >= 11 is 0. The Morgan fingerprint density at radius 1 is 1.15 bits per heavy atom. The van der Waals surface area contributed by atoms with Crippen LogP contribution in [-0.2, 0) is 9.53 Å². The Morgan fingerprint density at radius 3 is 2.77 bits per heavy atom. The van der Waals surface area contributed by atoms with Gasteiger partial charge in [-0.15, -0.1) is 6.42 Å². The van der Waals surface area contributed by atoms with E-state index in [-0.39, 0.29) is 41.0 Å². The van der Waals surface area contributed by atoms with Gasteiger partial charge in [-0.3, -0.25) is 14.7 Å². The van der Waals surface area contributed by atoms with Crippen molar-refractivity contribution in [3.8, 4) is 29.6 Å². The molecule has 0 saturated carbocycles. The Labute approximate surface area is 271 Å². The number of pyridine rings is 1. The normalized spacial score (nSPS) is 25.3. The lowest BCUT2D eigenvalue weighted by Gasteiger charge is -2.35. The molecule has 0 aliphatic carbocycles. The summed E-state index contributed by atoms with van der Waals surface area (Å²) in [7, 11) is 0. The summed E-state index contributed by atoms with van der Waals surface area (Å²) in [5.41, 5.74) is 1.27. The van der Waals surface area contributed by atoms with Crippen LogP contribution in [0.3, 0.4) is 0 Å². The molecule has 4 aliphatic heterocycles. The fraction of sp³-hybridized carbons (Fsp3) is 0.389. The molecule has 4 aromatic rings. The first-order valence-corrected chi connectivity index (χ1v) is 16.0. The number of fused-ring (bicyclic) bond motifs is 5. The largest absolute Gasteiger partial charge is 0.466 e. The standard InChI is InChI=1S/C36H34F2N6O3/c1-3-26-29(37)10-7-22-5-4-6-27(30(22)26)32-31(38)33-28(14-39-32)34(43-16-23-8-9-24(17-43)40-23)42-35(41-33)47-19-36-12-11-25(18-46-20-45)44(36)15-21(2)13-36/h1,4-7,10,14,20,23-25,40H,2,8-9,11-13,15-19H2/t23?,24?,25-,36-/m0/s1. The first-order valence-electron chi connectivity index (χ1n) is 16.0. The number of nitrogens with one attached hydrogen (secondary N) is 1. The van der Waals surface area contributed by atoms with Crippen molar-refractivity contribution in [1.29, 1.82) is 0 Å². The third kappa shape index (κ3) is 4.98. The Balaban J connectivity index is 1.22. The van der Waals surface area contributed by atoms with Gasteiger partial charge in [-0.1, -0.05) is 42.3 Å². The molecule has 0 radical (unpaired) electrons. The van der Waals surface area contributed by atoms with E-state index in [1.807, 2.05) is 6.07 Å². The van der Waals surface area contributed by atoms with Crippen molar-refractivity contribution >= 4 is 34.0 Å². The van der Waals surface area contributed by atoms with E-state index in [9.17, 15) is 9.18 Å². The summed E-state index contributed by atoms with van der Waals surface area (Å²) in [4.78, 5) is 29.5. The van der Waals surface area contributed by atoms with E-state index in [4.69, 9.17) is 20.9 Å². The number of halogens is 2. The van der Waals surface area contributed by atoms with Crippen molar-refractivity contribution in [2.45, 2.75) is 55.8 Å². The maximum atomic E-state index is 16.8. The highest BCUT2D eigenvalue weighted by Gasteiger charge is 2.51. The molecule has 9 nitrogen and oxygen atoms in total. The van der Waals surface area contributed by atoms with E-state index in [2.05, 4.69) is 37.6 Å². The Morgan fingerprint density at radius 2 is 1.98 bits per heavy atom. The van der Waals surface area contributed by atoms with Gasteiger partial charge in [0, 0.05) is 54.9 Å². The van der Waals surface area contributed by atoms with Crippen LogP contribution in [0.2, 0.25) is 0 Å². The molecule has 2 aromatic heterocycles. The molecule has 2 bridgehead atoms. The quantitative estimate of drug-likeness (QED) is 0.167. The molecule has 1 N–H and O–H groups in total. The van der Waals surface area contributed by atoms with Crippen LogP contribution in [0.25, 0.3) is 32.9 Å². The topological polar surface area (TPSA) is 92.7 Å². The number of terminal acetylenes is 1. The summed E-state index contributed by atoms with van der Waals surface area (Å²) in [6.07, 6.45) is 11.9. The molecule has 240 valence electrons. The second-order valence-corrected chi connectivity index (χ2v) is 13.2. The minimum absolute atomic E-state index is 0.0202. The number of nitrogens with zero attached hydrogens (tertiary/aromatic N) is 5. The number of anilines is 1. The van der Waals surface area contributed by atoms with Crippen LogP contribution < -0.4 is 15.0 Å². The highest BCUT2D eigenvalue weighted by molar-refractivity contribution is 6.02. The highest BCUT2D eigenvalue weighted by atomic mass is 19.1. The van der Waals surface area contributed by atoms with Crippen molar-refractivity contribution in [2.75, 3.05) is 37.7 Å². The van der Waals surface area contributed by atoms with Gasteiger partial charge in [-0.05, 0) is 43.6 Å². The van der Waals surface area contributed by atoms with E-state index < -0.39 is 11.6 Å². The molecule has 4 fully saturated rings. The van der Waals surface area contributed by atoms with Gasteiger partial charge in [0.05, 0.1) is 16.5 Å². The maximum absolute atomic E-state index is 16.8. The minimum Gasteiger partial charge on any atom is -0.466 e. The van der Waals surface area contributed by atoms with Gasteiger partial charge in [-0.25, -0.2) is 8.78 Å². The summed E-state index contributed by atoms with van der Waals surface area (Å²) in [6.45, 7) is 7.42. The van der Waals surface area contributed by atoms with Gasteiger partial charge >= 0.3 is 6.01 Å². The van der Waals surface area contributed by atoms with Crippen molar-refractivity contribution < 1.29 is 23.0 Å². The van der Waals surface area contributed by atoms with Crippen LogP contribution in [0.1, 0.15) is 37.7 Å². The lowest BCUT2D eigenvalue weighted by atomic mass is 9.94. The van der Waals surface area contributed by atoms with E-state index in [1.54, 1.807) is 24.4 Å². The predicted octanol–water partition coefficient (Wildman–Crippen LogP) is 4.76. The van der Waals surface area contributed by atoms with Gasteiger partial charge in [0.1, 0.15) is 36.1 Å². The molecule has 4 aliphatic rings. The Bertz CT molecular complexity index is 1970. The van der Waals surface area contributed by atoms with Gasteiger partial charge in [0.25, 0.3) is 6.47 Å². The van der Waals surface area contributed by atoms with Crippen LogP contribution in [-0.4, -0.2) is 82.8 Å². The van der Waals surface area contributed by atoms with Crippen LogP contribution in [0.4, 0.5) is 14.6 Å². The molecule has 11 heteroatoms. The molecular weight excluding hydrogens is 602 g/mol. The van der Waals surface area contributed by atoms with Gasteiger partial charge in [0.2, 0.25) is 0 Å². The second kappa shape index (κ2) is 11.5. The number of aromatic nitrogens is 3. The highest BCUT2D eigenvalue weighted by Crippen LogP contribution is 2.45. The molecule has 4 saturated heterocycles. The number of carbonyl (C=O) groups is 1. The summed E-state index contributed by atoms with van der Waals surface area (Å²) in [5, 5.41) is 5.21. The average Bonchev–Trinajstić information content (AvgIpc) is 3.71. The van der Waals surface area contributed by atoms with Crippen molar-refractivity contribution in [3.63, 3.8) is 0 Å². The number of benzene rings is 2. The number of ether oxygens (including phenoxy) is 2. The van der Waals surface area contributed by atoms with Crippen molar-refractivity contribution in [3.05, 3.63) is 65.9 Å². The molecule has 4 atom stereocenters. The number of rotatable bonds is 8. The lowest BCUT2D eigenvalue weighted by molar-refractivity contribution is -0.130. The van der Waals surface area contributed by atoms with Gasteiger partial charge in [0.15, 0.2) is 5.82 Å². The summed E-state index contributed by atoms with van der Waals surface area (Å²) in [5.74, 6) is 1.80. The van der Waals surface area contributed by atoms with Crippen LogP contribution in [0.5, 0.6) is 6.01 Å². The zero-order valence-electron chi connectivity index (χ0n) is 25.8. The summed E-state index contributed by atoms with van der Waals surface area (Å²) in [6, 6.07) is 8.98. The second-order valence-electron chi connectivity index (χ2n) is 13.2. The van der Waals surface area contributed by atoms with E-state index in [1.165, 1.54) is 6.07 Å². The third-order valence-electron chi connectivity index (χ3n) is 10.3. The number of carbonyl (C=O) groups excluding carboxylic acids is 1. The van der Waals surface area contributed by atoms with E-state index >= 15 is 4.39 Å². The fourth-order valence-electron chi connectivity index (χ4n) is 8.28. The molecule has 8 rings (SSSR count). The Kier molecular flexibility index (Phi) is 7.30. The van der Waals surface area contributed by atoms with Gasteiger partial charge < -0.3 is 19.7 Å². The number of hydrogen-bond donors (Lipinski definition) is 1. The van der Waals surface area contributed by atoms with Gasteiger partial charge in [-0.2, -0.15) is 9.97 Å². The van der Waals surface area contributed by atoms with Crippen molar-refractivity contribution in [1.82, 2.24) is 25.2 Å². The molecule has 6 heterocycles. The molecule has 2 aromatic carbocycles. The van der Waals surface area contributed by atoms with E-state index in [0.29, 0.717) is 59.2 Å². The van der Waals surface area contributed by atoms with Crippen LogP contribution in [0, 0.1) is 24.0 Å². The molecule has 47 heavy (non-hydrogen) atoms. The van der Waals surface area contributed by atoms with E-state index in [0.717, 1.165) is 50.8 Å². The van der Waals surface area contributed by atoms with Crippen LogP contribution in [0.15, 0.2) is 48.7 Å². The SMILES string of the molecule is C#Cc1c(F)ccc2cccc(-c3ncc4c(N5CC6CCC(C5)N6)nc(OC[C@@]56CC[C@@H](COC=O)N5CC(=C)C6)nc4c3F)c12. The molecule has 0 amide bonds. The Hall–Kier alpha value is -4.66. The maximum Gasteiger partial charge on any atom is 0.319 e. The zero-order valence-corrected chi connectivity index (χ0v) is 25.8. The van der Waals surface area contributed by atoms with Crippen LogP contribution >= 0.6 is 0 Å². The third-order valence-corrected chi connectivity index (χ3v) is 10.3. The minimum atomic E-state index is -0.658. The lowest BCUT2D eigenvalue weighted by Crippen LogP contribution is -2.51.